The van der Waals surface area contributed by atoms with Gasteiger partial charge in [-0.05, 0) is 49.3 Å². The zero-order valence-electron chi connectivity index (χ0n) is 13.2. The van der Waals surface area contributed by atoms with E-state index in [1.54, 1.807) is 0 Å². The molecule has 2 rings (SSSR count). The van der Waals surface area contributed by atoms with Gasteiger partial charge in [0.25, 0.3) is 0 Å². The average molecular weight is 275 g/mol. The second-order valence-electron chi connectivity index (χ2n) is 6.35. The maximum absolute atomic E-state index is 6.27. The van der Waals surface area contributed by atoms with E-state index in [1.807, 2.05) is 0 Å². The highest BCUT2D eigenvalue weighted by molar-refractivity contribution is 5.31. The molecule has 112 valence electrons. The van der Waals surface area contributed by atoms with E-state index < -0.39 is 0 Å². The van der Waals surface area contributed by atoms with Gasteiger partial charge in [0.1, 0.15) is 0 Å². The summed E-state index contributed by atoms with van der Waals surface area (Å²) in [5.41, 5.74) is 10.1. The molecule has 20 heavy (non-hydrogen) atoms. The van der Waals surface area contributed by atoms with Crippen LogP contribution in [-0.4, -0.2) is 12.7 Å². The van der Waals surface area contributed by atoms with Crippen LogP contribution < -0.4 is 5.73 Å². The van der Waals surface area contributed by atoms with E-state index in [1.165, 1.54) is 48.8 Å². The highest BCUT2D eigenvalue weighted by atomic mass is 16.5. The number of nitrogens with two attached hydrogens (primary N) is 1. The Balaban J connectivity index is 1.85. The molecule has 3 atom stereocenters. The van der Waals surface area contributed by atoms with Crippen molar-refractivity contribution in [1.82, 2.24) is 0 Å². The third kappa shape index (κ3) is 4.07. The van der Waals surface area contributed by atoms with Gasteiger partial charge < -0.3 is 10.5 Å². The Morgan fingerprint density at radius 1 is 1.25 bits per heavy atom. The van der Waals surface area contributed by atoms with Crippen molar-refractivity contribution in [3.63, 3.8) is 0 Å². The fourth-order valence-corrected chi connectivity index (χ4v) is 3.10. The Bertz CT molecular complexity index is 429. The third-order valence-corrected chi connectivity index (χ3v) is 4.78. The van der Waals surface area contributed by atoms with E-state index in [-0.39, 0.29) is 6.04 Å². The van der Waals surface area contributed by atoms with Gasteiger partial charge in [0.05, 0.1) is 18.8 Å². The normalized spacial score (nSPS) is 24.6. The van der Waals surface area contributed by atoms with Crippen molar-refractivity contribution in [3.8, 4) is 0 Å². The highest BCUT2D eigenvalue weighted by Gasteiger charge is 2.22. The standard InChI is InChI=1S/C18H29NO/c1-4-15-6-5-7-17(11-15)20-12-18(19)16-9-8-13(2)14(3)10-16/h8-10,15,17-18H,4-7,11-12,19H2,1-3H3. The third-order valence-electron chi connectivity index (χ3n) is 4.78. The Hall–Kier alpha value is -0.860. The molecule has 1 aromatic carbocycles. The van der Waals surface area contributed by atoms with Crippen LogP contribution in [0.5, 0.6) is 0 Å². The van der Waals surface area contributed by atoms with E-state index >= 15 is 0 Å². The van der Waals surface area contributed by atoms with Crippen molar-refractivity contribution in [2.24, 2.45) is 11.7 Å². The monoisotopic (exact) mass is 275 g/mol. The summed E-state index contributed by atoms with van der Waals surface area (Å²) in [6.07, 6.45) is 6.81. The van der Waals surface area contributed by atoms with Gasteiger partial charge in [-0.1, -0.05) is 44.4 Å². The number of hydrogen-bond acceptors (Lipinski definition) is 2. The first kappa shape index (κ1) is 15.5. The summed E-state index contributed by atoms with van der Waals surface area (Å²) in [4.78, 5) is 0. The van der Waals surface area contributed by atoms with Crippen molar-refractivity contribution in [1.29, 1.82) is 0 Å². The Morgan fingerprint density at radius 2 is 2.05 bits per heavy atom. The number of hydrogen-bond donors (Lipinski definition) is 1. The molecular weight excluding hydrogens is 246 g/mol. The fourth-order valence-electron chi connectivity index (χ4n) is 3.10. The quantitative estimate of drug-likeness (QED) is 0.870. The molecule has 0 heterocycles. The minimum Gasteiger partial charge on any atom is -0.376 e. The molecule has 0 aliphatic heterocycles. The first-order valence-corrected chi connectivity index (χ1v) is 8.04. The van der Waals surface area contributed by atoms with Crippen LogP contribution in [0.3, 0.4) is 0 Å². The summed E-state index contributed by atoms with van der Waals surface area (Å²) >= 11 is 0. The molecule has 0 spiro atoms. The minimum atomic E-state index is -0.00342. The van der Waals surface area contributed by atoms with E-state index in [9.17, 15) is 0 Å². The lowest BCUT2D eigenvalue weighted by atomic mass is 9.85. The molecule has 0 bridgehead atoms. The van der Waals surface area contributed by atoms with E-state index in [0.717, 1.165) is 5.92 Å². The van der Waals surface area contributed by atoms with Crippen molar-refractivity contribution in [2.75, 3.05) is 6.61 Å². The lowest BCUT2D eigenvalue weighted by Crippen LogP contribution is -2.27. The van der Waals surface area contributed by atoms with Crippen LogP contribution in [0.2, 0.25) is 0 Å². The van der Waals surface area contributed by atoms with Crippen LogP contribution in [0.15, 0.2) is 18.2 Å². The number of aryl methyl sites for hydroxylation is 2. The van der Waals surface area contributed by atoms with Gasteiger partial charge in [0.15, 0.2) is 0 Å². The van der Waals surface area contributed by atoms with E-state index in [4.69, 9.17) is 10.5 Å². The molecule has 1 aromatic rings. The topological polar surface area (TPSA) is 35.2 Å². The maximum Gasteiger partial charge on any atom is 0.0663 e. The summed E-state index contributed by atoms with van der Waals surface area (Å²) in [7, 11) is 0. The fraction of sp³-hybridized carbons (Fsp3) is 0.667. The van der Waals surface area contributed by atoms with Gasteiger partial charge in [-0.2, -0.15) is 0 Å². The predicted octanol–water partition coefficient (Wildman–Crippen LogP) is 4.29. The number of rotatable bonds is 5. The molecule has 0 aromatic heterocycles. The Labute approximate surface area is 123 Å². The van der Waals surface area contributed by atoms with Gasteiger partial charge in [-0.3, -0.25) is 0 Å². The second kappa shape index (κ2) is 7.24. The molecule has 2 N–H and O–H groups in total. The zero-order valence-corrected chi connectivity index (χ0v) is 13.2. The van der Waals surface area contributed by atoms with Crippen molar-refractivity contribution in [2.45, 2.75) is 65.0 Å². The zero-order chi connectivity index (χ0) is 14.5. The summed E-state index contributed by atoms with van der Waals surface area (Å²) in [5, 5.41) is 0. The highest BCUT2D eigenvalue weighted by Crippen LogP contribution is 2.29. The van der Waals surface area contributed by atoms with Gasteiger partial charge >= 0.3 is 0 Å². The van der Waals surface area contributed by atoms with Crippen LogP contribution in [0.25, 0.3) is 0 Å². The number of benzene rings is 1. The molecule has 0 radical (unpaired) electrons. The van der Waals surface area contributed by atoms with Crippen LogP contribution in [-0.2, 0) is 4.74 Å². The molecule has 1 fully saturated rings. The summed E-state index contributed by atoms with van der Waals surface area (Å²) < 4.78 is 6.08. The second-order valence-corrected chi connectivity index (χ2v) is 6.35. The van der Waals surface area contributed by atoms with Crippen molar-refractivity contribution < 1.29 is 4.74 Å². The molecule has 1 aliphatic carbocycles. The maximum atomic E-state index is 6.27. The van der Waals surface area contributed by atoms with Gasteiger partial charge in [-0.25, -0.2) is 0 Å². The van der Waals surface area contributed by atoms with E-state index in [0.29, 0.717) is 12.7 Å². The molecular formula is C18H29NO. The summed E-state index contributed by atoms with van der Waals surface area (Å²) in [6, 6.07) is 6.47. The molecule has 3 unspecified atom stereocenters. The lowest BCUT2D eigenvalue weighted by molar-refractivity contribution is 0.00561. The first-order chi connectivity index (χ1) is 9.60. The molecule has 1 saturated carbocycles. The lowest BCUT2D eigenvalue weighted by Gasteiger charge is -2.29. The Kier molecular flexibility index (Phi) is 5.62. The molecule has 0 saturated heterocycles. The summed E-state index contributed by atoms with van der Waals surface area (Å²) in [6.45, 7) is 7.20. The molecule has 2 nitrogen and oxygen atoms in total. The molecule has 0 amide bonds. The molecule has 1 aliphatic rings. The average Bonchev–Trinajstić information content (AvgIpc) is 2.47. The minimum absolute atomic E-state index is 0.00342. The van der Waals surface area contributed by atoms with E-state index in [2.05, 4.69) is 39.0 Å². The van der Waals surface area contributed by atoms with Crippen LogP contribution in [0, 0.1) is 19.8 Å². The van der Waals surface area contributed by atoms with Crippen molar-refractivity contribution >= 4 is 0 Å². The number of ether oxygens (including phenoxy) is 1. The molecule has 2 heteroatoms. The van der Waals surface area contributed by atoms with Gasteiger partial charge in [0.2, 0.25) is 0 Å². The van der Waals surface area contributed by atoms with Crippen molar-refractivity contribution in [3.05, 3.63) is 34.9 Å². The largest absolute Gasteiger partial charge is 0.376 e. The van der Waals surface area contributed by atoms with Crippen LogP contribution in [0.4, 0.5) is 0 Å². The smallest absolute Gasteiger partial charge is 0.0663 e. The Morgan fingerprint density at radius 3 is 2.75 bits per heavy atom. The predicted molar refractivity (Wildman–Crippen MR) is 84.8 cm³/mol. The first-order valence-electron chi connectivity index (χ1n) is 8.04. The van der Waals surface area contributed by atoms with Gasteiger partial charge in [0, 0.05) is 0 Å². The van der Waals surface area contributed by atoms with Crippen LogP contribution >= 0.6 is 0 Å². The summed E-state index contributed by atoms with van der Waals surface area (Å²) in [5.74, 6) is 0.853. The van der Waals surface area contributed by atoms with Crippen LogP contribution in [0.1, 0.15) is 61.8 Å². The SMILES string of the molecule is CCC1CCCC(OCC(N)c2ccc(C)c(C)c2)C1. The van der Waals surface area contributed by atoms with Gasteiger partial charge in [-0.15, -0.1) is 0 Å².